The maximum atomic E-state index is 12.0. The molecule has 2 atom stereocenters. The van der Waals surface area contributed by atoms with E-state index in [4.69, 9.17) is 9.16 Å². The molecule has 1 heterocycles. The van der Waals surface area contributed by atoms with Crippen LogP contribution < -0.4 is 0 Å². The molecule has 1 aliphatic rings. The molecule has 1 aliphatic heterocycles. The summed E-state index contributed by atoms with van der Waals surface area (Å²) in [6.07, 6.45) is 6.28. The molecule has 0 N–H and O–H groups in total. The zero-order valence-electron chi connectivity index (χ0n) is 16.6. The molecule has 0 radical (unpaired) electrons. The molecule has 1 rings (SSSR count). The summed E-state index contributed by atoms with van der Waals surface area (Å²) >= 11 is 0. The molecular formula is C20H36O3Si. The highest BCUT2D eigenvalue weighted by Crippen LogP contribution is 2.44. The molecular weight excluding hydrogens is 316 g/mol. The highest BCUT2D eigenvalue weighted by molar-refractivity contribution is 6.77. The fraction of sp³-hybridized carbons (Fsp3) is 0.750. The van der Waals surface area contributed by atoms with Crippen LogP contribution in [0.15, 0.2) is 24.3 Å². The van der Waals surface area contributed by atoms with Gasteiger partial charge in [-0.1, -0.05) is 47.6 Å². The normalized spacial score (nSPS) is 19.8. The molecule has 0 amide bonds. The first kappa shape index (κ1) is 21.2. The number of hydrogen-bond donors (Lipinski definition) is 0. The Morgan fingerprint density at radius 2 is 1.75 bits per heavy atom. The Balaban J connectivity index is 3.03. The lowest BCUT2D eigenvalue weighted by Gasteiger charge is -2.44. The Morgan fingerprint density at radius 1 is 1.21 bits per heavy atom. The van der Waals surface area contributed by atoms with Crippen LogP contribution in [0.2, 0.25) is 16.6 Å². The number of allylic oxidation sites excluding steroid dienone is 1. The van der Waals surface area contributed by atoms with Crippen LogP contribution in [0.4, 0.5) is 0 Å². The molecule has 0 unspecified atom stereocenters. The summed E-state index contributed by atoms with van der Waals surface area (Å²) in [4.78, 5) is 12.0. The number of carbonyl (C=O) groups is 1. The molecule has 0 aromatic rings. The van der Waals surface area contributed by atoms with Crippen molar-refractivity contribution in [1.29, 1.82) is 0 Å². The van der Waals surface area contributed by atoms with Gasteiger partial charge in [-0.05, 0) is 42.5 Å². The average Bonchev–Trinajstić information content (AvgIpc) is 2.78. The van der Waals surface area contributed by atoms with Gasteiger partial charge in [-0.25, -0.2) is 4.79 Å². The highest BCUT2D eigenvalue weighted by atomic mass is 28.4. The Labute approximate surface area is 149 Å². The summed E-state index contributed by atoms with van der Waals surface area (Å²) in [6.45, 7) is 19.5. The third-order valence-corrected chi connectivity index (χ3v) is 11.4. The van der Waals surface area contributed by atoms with E-state index in [1.807, 2.05) is 19.1 Å². The predicted molar refractivity (Wildman–Crippen MR) is 104 cm³/mol. The molecule has 0 fully saturated rings. The number of carbonyl (C=O) groups excluding carboxylic acids is 1. The van der Waals surface area contributed by atoms with Crippen LogP contribution in [0.5, 0.6) is 0 Å². The molecule has 0 aromatic carbocycles. The summed E-state index contributed by atoms with van der Waals surface area (Å²) in [7, 11) is -1.97. The van der Waals surface area contributed by atoms with Crippen molar-refractivity contribution in [2.75, 3.05) is 0 Å². The fourth-order valence-electron chi connectivity index (χ4n) is 4.23. The molecule has 0 saturated carbocycles. The van der Waals surface area contributed by atoms with Crippen molar-refractivity contribution >= 4 is 14.3 Å². The van der Waals surface area contributed by atoms with Crippen LogP contribution in [0, 0.1) is 0 Å². The summed E-state index contributed by atoms with van der Waals surface area (Å²) in [5.41, 5.74) is 2.38. The first-order valence-electron chi connectivity index (χ1n) is 9.35. The maximum absolute atomic E-state index is 12.0. The minimum atomic E-state index is -1.97. The molecule has 0 spiro atoms. The molecule has 0 bridgehead atoms. The Bertz CT molecular complexity index is 444. The fourth-order valence-corrected chi connectivity index (χ4v) is 9.82. The molecule has 0 saturated heterocycles. The van der Waals surface area contributed by atoms with E-state index in [0.717, 1.165) is 18.4 Å². The second-order valence-electron chi connectivity index (χ2n) is 7.93. The van der Waals surface area contributed by atoms with Gasteiger partial charge in [0.05, 0.1) is 0 Å². The van der Waals surface area contributed by atoms with Gasteiger partial charge in [0.25, 0.3) is 0 Å². The minimum absolute atomic E-state index is 0.0611. The SMILES string of the molecule is C=CCC[C@H](CC1=C[C@H](C)OC1=O)O[Si](C(C)C)(C(C)C)C(C)C. The number of ether oxygens (including phenoxy) is 1. The zero-order valence-corrected chi connectivity index (χ0v) is 17.6. The Kier molecular flexibility index (Phi) is 7.94. The van der Waals surface area contributed by atoms with Gasteiger partial charge < -0.3 is 9.16 Å². The van der Waals surface area contributed by atoms with Crippen LogP contribution >= 0.6 is 0 Å². The van der Waals surface area contributed by atoms with Crippen LogP contribution in [-0.2, 0) is 14.0 Å². The van der Waals surface area contributed by atoms with Gasteiger partial charge in [0.15, 0.2) is 0 Å². The van der Waals surface area contributed by atoms with Gasteiger partial charge in [0.1, 0.15) is 6.10 Å². The lowest BCUT2D eigenvalue weighted by Crippen LogP contribution is -2.50. The van der Waals surface area contributed by atoms with Gasteiger partial charge in [-0.15, -0.1) is 6.58 Å². The summed E-state index contributed by atoms with van der Waals surface area (Å²) in [5.74, 6) is -0.180. The molecule has 24 heavy (non-hydrogen) atoms. The van der Waals surface area contributed by atoms with Crippen LogP contribution in [0.3, 0.4) is 0 Å². The summed E-state index contributed by atoms with van der Waals surface area (Å²) in [5, 5.41) is 0. The van der Waals surface area contributed by atoms with Gasteiger partial charge in [-0.2, -0.15) is 0 Å². The van der Waals surface area contributed by atoms with Gasteiger partial charge in [-0.3, -0.25) is 0 Å². The lowest BCUT2D eigenvalue weighted by atomic mass is 10.0. The lowest BCUT2D eigenvalue weighted by molar-refractivity contribution is -0.139. The largest absolute Gasteiger partial charge is 0.455 e. The number of cyclic esters (lactones) is 1. The first-order valence-corrected chi connectivity index (χ1v) is 11.5. The van der Waals surface area contributed by atoms with Crippen molar-refractivity contribution in [3.8, 4) is 0 Å². The second-order valence-corrected chi connectivity index (χ2v) is 13.3. The van der Waals surface area contributed by atoms with E-state index in [0.29, 0.717) is 23.0 Å². The minimum Gasteiger partial charge on any atom is -0.455 e. The topological polar surface area (TPSA) is 35.5 Å². The van der Waals surface area contributed by atoms with Crippen LogP contribution in [0.1, 0.15) is 67.7 Å². The Hall–Kier alpha value is -0.873. The molecule has 0 aromatic heterocycles. The van der Waals surface area contributed by atoms with Crippen molar-refractivity contribution in [3.05, 3.63) is 24.3 Å². The van der Waals surface area contributed by atoms with E-state index in [2.05, 4.69) is 48.1 Å². The molecule has 3 nitrogen and oxygen atoms in total. The van der Waals surface area contributed by atoms with Gasteiger partial charge in [0.2, 0.25) is 8.32 Å². The van der Waals surface area contributed by atoms with E-state index in [1.54, 1.807) is 0 Å². The smallest absolute Gasteiger partial charge is 0.334 e. The number of rotatable bonds is 10. The second kappa shape index (κ2) is 9.00. The van der Waals surface area contributed by atoms with E-state index in [-0.39, 0.29) is 18.2 Å². The molecule has 0 aliphatic carbocycles. The van der Waals surface area contributed by atoms with E-state index in [9.17, 15) is 4.79 Å². The van der Waals surface area contributed by atoms with Crippen LogP contribution in [-0.4, -0.2) is 26.5 Å². The summed E-state index contributed by atoms with van der Waals surface area (Å²) < 4.78 is 12.2. The molecule has 138 valence electrons. The van der Waals surface area contributed by atoms with Crippen molar-refractivity contribution < 1.29 is 14.0 Å². The monoisotopic (exact) mass is 352 g/mol. The number of esters is 1. The van der Waals surface area contributed by atoms with Crippen molar-refractivity contribution in [3.63, 3.8) is 0 Å². The van der Waals surface area contributed by atoms with Crippen molar-refractivity contribution in [2.24, 2.45) is 0 Å². The standard InChI is InChI=1S/C20H36O3Si/c1-9-10-11-19(13-18-12-17(8)22-20(18)21)23-24(14(2)3,15(4)5)16(6)7/h9,12,14-17,19H,1,10-11,13H2,2-8H3/t17-,19+/m0/s1. The van der Waals surface area contributed by atoms with Crippen molar-refractivity contribution in [1.82, 2.24) is 0 Å². The maximum Gasteiger partial charge on any atom is 0.334 e. The quantitative estimate of drug-likeness (QED) is 0.284. The molecule has 4 heteroatoms. The predicted octanol–water partition coefficient (Wildman–Crippen LogP) is 5.78. The van der Waals surface area contributed by atoms with E-state index in [1.165, 1.54) is 0 Å². The van der Waals surface area contributed by atoms with E-state index < -0.39 is 8.32 Å². The Morgan fingerprint density at radius 3 is 2.12 bits per heavy atom. The van der Waals surface area contributed by atoms with Gasteiger partial charge >= 0.3 is 5.97 Å². The third kappa shape index (κ3) is 4.82. The van der Waals surface area contributed by atoms with Crippen molar-refractivity contribution in [2.45, 2.75) is 96.6 Å². The van der Waals surface area contributed by atoms with Crippen LogP contribution in [0.25, 0.3) is 0 Å². The zero-order chi connectivity index (χ0) is 18.5. The number of hydrogen-bond acceptors (Lipinski definition) is 3. The van der Waals surface area contributed by atoms with E-state index >= 15 is 0 Å². The third-order valence-electron chi connectivity index (χ3n) is 5.21. The first-order chi connectivity index (χ1) is 11.1. The summed E-state index contributed by atoms with van der Waals surface area (Å²) in [6, 6.07) is 0. The van der Waals surface area contributed by atoms with Gasteiger partial charge in [0, 0.05) is 18.1 Å². The highest BCUT2D eigenvalue weighted by Gasteiger charge is 2.46. The average molecular weight is 353 g/mol.